The maximum Gasteiger partial charge on any atom is -0.197 e. The Labute approximate surface area is 134 Å². The van der Waals surface area contributed by atoms with Crippen molar-refractivity contribution < 1.29 is 8.67 Å². The molecule has 0 bridgehead atoms. The molecule has 0 aliphatic heterocycles. The van der Waals surface area contributed by atoms with E-state index in [4.69, 9.17) is 5.53 Å². The largest absolute Gasteiger partial charge is 0.197 e. The second kappa shape index (κ2) is 8.62. The molecule has 21 heavy (non-hydrogen) atoms. The Bertz CT molecular complexity index is 625. The summed E-state index contributed by atoms with van der Waals surface area (Å²) in [7, 11) is 0. The third kappa shape index (κ3) is 5.01. The van der Waals surface area contributed by atoms with Gasteiger partial charge in [0.1, 0.15) is 0 Å². The van der Waals surface area contributed by atoms with Gasteiger partial charge in [-0.1, -0.05) is 0 Å². The van der Waals surface area contributed by atoms with E-state index in [0.29, 0.717) is 0 Å². The molecule has 0 heterocycles. The number of benzene rings is 1. The number of azide groups is 1. The van der Waals surface area contributed by atoms with Crippen molar-refractivity contribution in [1.29, 1.82) is 0 Å². The quantitative estimate of drug-likeness (QED) is 0.154. The van der Waals surface area contributed by atoms with Crippen molar-refractivity contribution in [3.8, 4) is 0 Å². The summed E-state index contributed by atoms with van der Waals surface area (Å²) in [5.74, 6) is -0.255. The fourth-order valence-corrected chi connectivity index (χ4v) is 2.35. The van der Waals surface area contributed by atoms with Crippen LogP contribution in [0.15, 0.2) is 47.8 Å². The molecule has 0 aromatic heterocycles. The van der Waals surface area contributed by atoms with Gasteiger partial charge in [-0.2, -0.15) is 13.5 Å². The summed E-state index contributed by atoms with van der Waals surface area (Å²) in [5.41, 5.74) is 12.1. The zero-order chi connectivity index (χ0) is 14.4. The molecule has 108 valence electrons. The first-order valence-electron chi connectivity index (χ1n) is 5.92. The fourth-order valence-electron chi connectivity index (χ4n) is 1.93. The van der Waals surface area contributed by atoms with E-state index in [1.165, 1.54) is 12.1 Å². The Morgan fingerprint density at radius 1 is 1.38 bits per heavy atom. The topological polar surface area (TPSA) is 58.0 Å². The molecule has 0 radical (unpaired) electrons. The third-order valence-electron chi connectivity index (χ3n) is 2.94. The molecular weight excluding hydrogens is 308 g/mol. The van der Waals surface area contributed by atoms with Crippen molar-refractivity contribution in [1.82, 2.24) is 0 Å². The summed E-state index contributed by atoms with van der Waals surface area (Å²) >= 11 is 0.980. The maximum absolute atomic E-state index is 12.9. The fraction of sp³-hybridized carbons (Fsp3) is 0.154. The van der Waals surface area contributed by atoms with Gasteiger partial charge >= 0.3 is 120 Å². The van der Waals surface area contributed by atoms with Gasteiger partial charge < -0.3 is 0 Å². The Morgan fingerprint density at radius 3 is 2.76 bits per heavy atom. The molecule has 0 N–H and O–H groups in total. The van der Waals surface area contributed by atoms with E-state index in [1.54, 1.807) is 18.3 Å². The van der Waals surface area contributed by atoms with E-state index in [0.717, 1.165) is 46.9 Å². The summed E-state index contributed by atoms with van der Waals surface area (Å²) in [5, 5.41) is 2.97. The number of nitrogens with zero attached hydrogens (tertiary/aromatic N) is 3. The molecule has 0 fully saturated rings. The van der Waals surface area contributed by atoms with Crippen LogP contribution in [-0.4, -0.2) is 11.7 Å². The van der Waals surface area contributed by atoms with Gasteiger partial charge in [0.15, 0.2) is 0 Å². The van der Waals surface area contributed by atoms with Crippen LogP contribution in [0.4, 0.5) is 4.39 Å². The monoisotopic (exact) mass is 321 g/mol. The molecular formula is C13H13BFN3OS2. The van der Waals surface area contributed by atoms with E-state index in [9.17, 15) is 4.39 Å². The first kappa shape index (κ1) is 17.4. The van der Waals surface area contributed by atoms with Crippen molar-refractivity contribution in [2.45, 2.75) is 12.8 Å². The number of allylic oxidation sites excluding steroid dienone is 3. The van der Waals surface area contributed by atoms with Crippen molar-refractivity contribution in [3.05, 3.63) is 64.3 Å². The van der Waals surface area contributed by atoms with Crippen LogP contribution < -0.4 is 0 Å². The first-order valence-corrected chi connectivity index (χ1v) is 6.73. The van der Waals surface area contributed by atoms with Crippen LogP contribution in [0.3, 0.4) is 0 Å². The number of hydrogen-bond donors (Lipinski definition) is 0. The summed E-state index contributed by atoms with van der Waals surface area (Å²) in [6, 6.07) is 6.30. The molecule has 2 rings (SSSR count). The Balaban J connectivity index is 0.00000220. The van der Waals surface area contributed by atoms with Crippen LogP contribution in [0.1, 0.15) is 18.4 Å². The smallest absolute Gasteiger partial charge is 0.197 e. The summed E-state index contributed by atoms with van der Waals surface area (Å²) < 4.78 is 17.5. The van der Waals surface area contributed by atoms with Crippen molar-refractivity contribution in [3.63, 3.8) is 0 Å². The molecule has 0 spiro atoms. The zero-order valence-electron chi connectivity index (χ0n) is 11.1. The third-order valence-corrected chi connectivity index (χ3v) is 3.49. The van der Waals surface area contributed by atoms with Crippen LogP contribution in [0.5, 0.6) is 0 Å². The Hall–Kier alpha value is -1.63. The number of halogens is 1. The Morgan fingerprint density at radius 2 is 2.10 bits per heavy atom. The van der Waals surface area contributed by atoms with Crippen LogP contribution in [0, 0.1) is 5.82 Å². The van der Waals surface area contributed by atoms with E-state index in [-0.39, 0.29) is 19.3 Å². The van der Waals surface area contributed by atoms with Gasteiger partial charge in [0.2, 0.25) is 0 Å². The van der Waals surface area contributed by atoms with E-state index >= 15 is 0 Å². The normalized spacial score (nSPS) is 14.5. The standard InChI is InChI=1S/C13H11BFN3OS.H2S/c1-9(10-3-6-13(15)7-4-10)11-2-5-12(8-11)14-20-19-18-17-16;/h3-4,6-8H,1-2,5H2;1H2. The van der Waals surface area contributed by atoms with Gasteiger partial charge in [-0.3, -0.25) is 0 Å². The second-order valence-electron chi connectivity index (χ2n) is 4.19. The average Bonchev–Trinajstić information content (AvgIpc) is 2.92. The van der Waals surface area contributed by atoms with Crippen LogP contribution in [0.2, 0.25) is 0 Å². The van der Waals surface area contributed by atoms with E-state index < -0.39 is 0 Å². The van der Waals surface area contributed by atoms with Crippen LogP contribution in [0.25, 0.3) is 16.0 Å². The molecule has 8 heteroatoms. The predicted octanol–water partition coefficient (Wildman–Crippen LogP) is 4.35. The summed E-state index contributed by atoms with van der Waals surface area (Å²) in [6.45, 7) is 4.06. The first-order chi connectivity index (χ1) is 9.70. The molecule has 4 nitrogen and oxygen atoms in total. The van der Waals surface area contributed by atoms with Gasteiger partial charge in [0.05, 0.1) is 0 Å². The average molecular weight is 321 g/mol. The molecule has 0 saturated heterocycles. The minimum absolute atomic E-state index is 0. The van der Waals surface area contributed by atoms with Gasteiger partial charge in [0, 0.05) is 0 Å². The zero-order valence-corrected chi connectivity index (χ0v) is 12.9. The summed E-state index contributed by atoms with van der Waals surface area (Å²) in [4.78, 5) is 2.48. The van der Waals surface area contributed by atoms with Crippen LogP contribution in [-0.2, 0) is 4.28 Å². The van der Waals surface area contributed by atoms with Gasteiger partial charge in [-0.25, -0.2) is 0 Å². The SMILES string of the molecule is C=C(C1=CC(=BSON=[N+]=[N-])CC1)c1ccc(F)cc1.S. The van der Waals surface area contributed by atoms with Gasteiger partial charge in [-0.15, -0.1) is 0 Å². The molecule has 1 aliphatic carbocycles. The van der Waals surface area contributed by atoms with Crippen molar-refractivity contribution in [2.24, 2.45) is 5.28 Å². The maximum atomic E-state index is 12.9. The van der Waals surface area contributed by atoms with E-state index in [2.05, 4.69) is 21.1 Å². The molecule has 1 aromatic rings. The number of rotatable bonds is 5. The minimum atomic E-state index is -0.255. The number of hydrogen-bond acceptors (Lipinski definition) is 3. The molecule has 0 atom stereocenters. The van der Waals surface area contributed by atoms with Crippen molar-refractivity contribution in [2.75, 3.05) is 0 Å². The van der Waals surface area contributed by atoms with Gasteiger partial charge in [-0.05, 0) is 0 Å². The van der Waals surface area contributed by atoms with Gasteiger partial charge in [0.25, 0.3) is 0 Å². The molecule has 0 saturated carbocycles. The second-order valence-corrected chi connectivity index (χ2v) is 4.77. The van der Waals surface area contributed by atoms with Crippen molar-refractivity contribution >= 4 is 42.6 Å². The minimum Gasteiger partial charge on any atom is -0.197 e. The molecule has 0 unspecified atom stereocenters. The Kier molecular flexibility index (Phi) is 7.15. The molecule has 0 amide bonds. The summed E-state index contributed by atoms with van der Waals surface area (Å²) in [6.07, 6.45) is 5.57. The van der Waals surface area contributed by atoms with Crippen LogP contribution >= 0.6 is 25.4 Å². The molecule has 1 aliphatic rings. The van der Waals surface area contributed by atoms with E-state index in [1.807, 2.05) is 6.08 Å². The molecule has 1 aromatic carbocycles. The predicted molar refractivity (Wildman–Crippen MR) is 91.7 cm³/mol.